The van der Waals surface area contributed by atoms with Crippen LogP contribution in [0.25, 0.3) is 32.3 Å². The van der Waals surface area contributed by atoms with E-state index in [2.05, 4.69) is 132 Å². The number of rotatable bonds is 29. The molecule has 9 aliphatic heterocycles. The van der Waals surface area contributed by atoms with Gasteiger partial charge in [-0.3, -0.25) is 29.1 Å². The number of anilines is 6. The van der Waals surface area contributed by atoms with E-state index < -0.39 is 49.1 Å². The molecule has 6 aromatic carbocycles. The lowest BCUT2D eigenvalue weighted by Crippen LogP contribution is -2.56. The van der Waals surface area contributed by atoms with E-state index in [4.69, 9.17) is 83.7 Å². The summed E-state index contributed by atoms with van der Waals surface area (Å²) >= 11 is 21.7. The van der Waals surface area contributed by atoms with Gasteiger partial charge in [0, 0.05) is 191 Å². The van der Waals surface area contributed by atoms with Crippen molar-refractivity contribution in [3.63, 3.8) is 0 Å². The Morgan fingerprint density at radius 3 is 1.35 bits per heavy atom. The molecular weight excluding hydrogens is 1860 g/mol. The molecule has 6 saturated heterocycles. The Hall–Kier alpha value is -12.0. The minimum atomic E-state index is -4.40. The second-order valence-electron chi connectivity index (χ2n) is 38.3. The summed E-state index contributed by atoms with van der Waals surface area (Å²) in [6.45, 7) is 11.6. The van der Waals surface area contributed by atoms with Gasteiger partial charge in [0.1, 0.15) is 37.3 Å². The van der Waals surface area contributed by atoms with Gasteiger partial charge in [-0.15, -0.1) is 0 Å². The minimum Gasteiger partial charge on any atom is -0.462 e. The van der Waals surface area contributed by atoms with Gasteiger partial charge in [0.2, 0.25) is 11.8 Å². The highest BCUT2D eigenvalue weighted by molar-refractivity contribution is 6.38. The largest absolute Gasteiger partial charge is 0.462 e. The number of benzene rings is 6. The van der Waals surface area contributed by atoms with Crippen molar-refractivity contribution in [1.82, 2.24) is 64.2 Å². The standard InChI is InChI=1S/C103H114Cl3F5N22O7/c1-64(59-137-6)99(136)133-44-41-130(55-74(133)27-33-114)98-80-30-38-126(57-85(80)116-100(118-98)138-60-75-17-11-35-122(75)3)88-49-68(45-66-15-8-19-82(105)94(66)88)71-48-77(124(5)52-71)62-140-102-117-86-58-127(37-29-79(86)97(120-102)129-40-43-132(73(54-129)26-32-113)92(135)24-23-90(107)108)89-50-69(46-67-16-9-20-83(106)95(67)89)70-47-76(123(4)51-70)61-139-101-115-84-56-125(87-21-10-14-65-13-7-18-81(104)93(65)87)36-28-78(84)96(119-101)128-39-42-131(72(53-128)25-31-112)91(134)22-12-34-121(2)63-103(109,110)111/h7-10,12-16,18-24,45-46,49-50,70-77,90H,1,11,17,25-30,34-44,47-48,51-63H2,2-6H3/b22-12+,24-23+/t70?,71?,72-,73-,74-,75-,76-,77-/m0/s1. The molecule has 734 valence electrons. The summed E-state index contributed by atoms with van der Waals surface area (Å²) in [5.41, 5.74) is 10.5. The zero-order valence-corrected chi connectivity index (χ0v) is 81.5. The summed E-state index contributed by atoms with van der Waals surface area (Å²) < 4.78 is 92.5. The number of likely N-dealkylation sites (N-methyl/N-ethyl adjacent to an activating group) is 4. The Labute approximate surface area is 826 Å². The summed E-state index contributed by atoms with van der Waals surface area (Å²) in [5.74, 6) is 0.824. The number of aromatic nitrogens is 6. The number of fused-ring (bicyclic) bond motifs is 6. The second kappa shape index (κ2) is 42.8. The second-order valence-corrected chi connectivity index (χ2v) is 39.5. The maximum Gasteiger partial charge on any atom is 0.401 e. The number of hydrogen-bond donors (Lipinski definition) is 0. The highest BCUT2D eigenvalue weighted by Gasteiger charge is 2.43. The molecule has 0 spiro atoms. The maximum atomic E-state index is 13.9. The Balaban J connectivity index is 0.606. The summed E-state index contributed by atoms with van der Waals surface area (Å²) in [7, 11) is 9.17. The Morgan fingerprint density at radius 1 is 0.507 bits per heavy atom. The van der Waals surface area contributed by atoms with Crippen LogP contribution in [0, 0.1) is 34.0 Å². The molecule has 140 heavy (non-hydrogen) atoms. The van der Waals surface area contributed by atoms with Crippen molar-refractivity contribution in [2.45, 2.75) is 145 Å². The van der Waals surface area contributed by atoms with E-state index in [-0.39, 0.29) is 132 Å². The van der Waals surface area contributed by atoms with Crippen molar-refractivity contribution >= 4 is 119 Å². The van der Waals surface area contributed by atoms with Gasteiger partial charge in [0.15, 0.2) is 0 Å². The fourth-order valence-corrected chi connectivity index (χ4v) is 22.9. The van der Waals surface area contributed by atoms with Crippen LogP contribution in [0.2, 0.25) is 15.1 Å². The van der Waals surface area contributed by atoms with Crippen LogP contribution in [0.1, 0.15) is 102 Å². The van der Waals surface area contributed by atoms with Crippen molar-refractivity contribution in [1.29, 1.82) is 15.8 Å². The predicted octanol–water partition coefficient (Wildman–Crippen LogP) is 14.2. The summed E-state index contributed by atoms with van der Waals surface area (Å²) in [6.07, 6.45) is 2.10. The number of nitriles is 3. The third kappa shape index (κ3) is 21.4. The van der Waals surface area contributed by atoms with Gasteiger partial charge < -0.3 is 67.9 Å². The average Bonchev–Trinajstić information content (AvgIpc) is 1.16. The molecule has 0 radical (unpaired) electrons. The molecule has 2 unspecified atom stereocenters. The van der Waals surface area contributed by atoms with Crippen LogP contribution in [-0.2, 0) is 58.0 Å². The van der Waals surface area contributed by atoms with Gasteiger partial charge in [0.05, 0.1) is 121 Å². The van der Waals surface area contributed by atoms with Crippen LogP contribution < -0.4 is 43.6 Å². The molecule has 6 fully saturated rings. The maximum absolute atomic E-state index is 13.9. The van der Waals surface area contributed by atoms with Gasteiger partial charge in [-0.2, -0.15) is 58.9 Å². The van der Waals surface area contributed by atoms with Gasteiger partial charge in [-0.1, -0.05) is 108 Å². The molecule has 0 N–H and O–H groups in total. The molecule has 9 aromatic rings. The summed E-state index contributed by atoms with van der Waals surface area (Å²) in [6, 6.07) is 38.8. The molecule has 3 aromatic heterocycles. The lowest BCUT2D eigenvalue weighted by atomic mass is 9.92. The van der Waals surface area contributed by atoms with Crippen molar-refractivity contribution in [3.05, 3.63) is 193 Å². The third-order valence-electron chi connectivity index (χ3n) is 29.3. The molecule has 37 heteroatoms. The number of ether oxygens (including phenoxy) is 4. The SMILES string of the molecule is C=C(COC)C(=O)N1CCN(c2nc(OC[C@@H]3CCCN3C)nc3c2CCN(c2cc(C4C[C@@H](COc5nc6c(c(N7CCN(C(=O)/C=C/C(F)F)[C@@H](CC#N)C7)n5)CCN(c5cc(C7C[C@@H](COc8nc9c(c(N%10CCN(C(=O)/C=C/CN(C)CC(F)(F)F)[C@@H](CC#N)C%10)n8)CCN(c8cccc%10cccc(Cl)c8%10)C9)N(C)C7)cc7cccc(Cl)c57)C6)N(C)C4)cc4cccc(Cl)c24)C3)C[C@@H]1CC#N. The van der Waals surface area contributed by atoms with Gasteiger partial charge in [-0.25, -0.2) is 8.78 Å². The number of nitrogens with zero attached hydrogens (tertiary/aromatic N) is 22. The van der Waals surface area contributed by atoms with Crippen LogP contribution in [0.3, 0.4) is 0 Å². The first-order valence-electron chi connectivity index (χ1n) is 48.0. The number of allylic oxidation sites excluding steroid dienone is 1. The smallest absolute Gasteiger partial charge is 0.401 e. The molecule has 3 amide bonds. The van der Waals surface area contributed by atoms with E-state index in [0.717, 1.165) is 130 Å². The molecule has 18 rings (SSSR count). The molecule has 12 heterocycles. The van der Waals surface area contributed by atoms with E-state index >= 15 is 0 Å². The third-order valence-corrected chi connectivity index (χ3v) is 30.2. The fourth-order valence-electron chi connectivity index (χ4n) is 22.1. The van der Waals surface area contributed by atoms with Crippen molar-refractivity contribution in [2.24, 2.45) is 0 Å². The fraction of sp³-hybridized carbons (Fsp3) is 0.476. The first-order valence-corrected chi connectivity index (χ1v) is 49.1. The van der Waals surface area contributed by atoms with E-state index in [9.17, 15) is 52.1 Å². The van der Waals surface area contributed by atoms with Gasteiger partial charge >= 0.3 is 24.2 Å². The van der Waals surface area contributed by atoms with Gasteiger partial charge in [0.25, 0.3) is 12.3 Å². The Morgan fingerprint density at radius 2 is 0.921 bits per heavy atom. The number of carbonyl (C=O) groups is 3. The van der Waals surface area contributed by atoms with Crippen LogP contribution >= 0.6 is 34.8 Å². The average molecular weight is 1970 g/mol. The number of halogens is 8. The van der Waals surface area contributed by atoms with Crippen molar-refractivity contribution < 1.29 is 55.3 Å². The lowest BCUT2D eigenvalue weighted by molar-refractivity contribution is -0.142. The van der Waals surface area contributed by atoms with Crippen LogP contribution in [0.4, 0.5) is 56.5 Å². The number of carbonyl (C=O) groups excluding carboxylic acids is 3. The summed E-state index contributed by atoms with van der Waals surface area (Å²) in [5, 5.41) is 38.1. The zero-order chi connectivity index (χ0) is 97.9. The summed E-state index contributed by atoms with van der Waals surface area (Å²) in [4.78, 5) is 98.9. The van der Waals surface area contributed by atoms with Gasteiger partial charge in [-0.05, 0) is 161 Å². The molecule has 0 saturated carbocycles. The van der Waals surface area contributed by atoms with E-state index in [1.165, 1.54) is 31.2 Å². The van der Waals surface area contributed by atoms with Crippen LogP contribution in [-0.4, -0.2) is 304 Å². The molecule has 0 aliphatic carbocycles. The van der Waals surface area contributed by atoms with Crippen LogP contribution in [0.5, 0.6) is 18.0 Å². The van der Waals surface area contributed by atoms with Crippen molar-refractivity contribution in [3.8, 4) is 36.2 Å². The topological polar surface area (TPSA) is 279 Å². The number of amides is 3. The minimum absolute atomic E-state index is 0.00493. The molecule has 0 bridgehead atoms. The van der Waals surface area contributed by atoms with Crippen LogP contribution in [0.15, 0.2) is 134 Å². The first kappa shape index (κ1) is 98.2. The van der Waals surface area contributed by atoms with E-state index in [1.807, 2.05) is 54.6 Å². The first-order chi connectivity index (χ1) is 67.6. The zero-order valence-electron chi connectivity index (χ0n) is 79.2. The highest BCUT2D eigenvalue weighted by Crippen LogP contribution is 2.47. The quantitative estimate of drug-likeness (QED) is 0.0311. The number of alkyl halides is 5. The van der Waals surface area contributed by atoms with Crippen molar-refractivity contribution in [2.75, 3.05) is 202 Å². The number of likely N-dealkylation sites (tertiary alicyclic amines) is 3. The number of methoxy groups -OCH3 is 1. The van der Waals surface area contributed by atoms with E-state index in [1.54, 1.807) is 9.80 Å². The molecular formula is C103H114Cl3F5N22O7. The lowest BCUT2D eigenvalue weighted by Gasteiger charge is -2.42. The number of piperazine rings is 3. The molecule has 29 nitrogen and oxygen atoms in total. The molecule has 9 aliphatic rings. The van der Waals surface area contributed by atoms with E-state index in [0.29, 0.717) is 156 Å². The Bertz CT molecular complexity index is 6380. The molecule has 8 atom stereocenters. The monoisotopic (exact) mass is 1970 g/mol. The predicted molar refractivity (Wildman–Crippen MR) is 530 cm³/mol. The Kier molecular flexibility index (Phi) is 30.0. The number of hydrogen-bond acceptors (Lipinski definition) is 26. The normalized spacial score (nSPS) is 21.7. The highest BCUT2D eigenvalue weighted by atomic mass is 35.5.